The number of hydrogen-bond acceptors (Lipinski definition) is 3. The predicted molar refractivity (Wildman–Crippen MR) is 105 cm³/mol. The van der Waals surface area contributed by atoms with Crippen LogP contribution in [0.2, 0.25) is 5.02 Å². The average Bonchev–Trinajstić information content (AvgIpc) is 2.60. The minimum Gasteiger partial charge on any atom is -0.359 e. The maximum Gasteiger partial charge on any atom is 0.239 e. The maximum atomic E-state index is 12.2. The zero-order valence-electron chi connectivity index (χ0n) is 14.7. The van der Waals surface area contributed by atoms with Gasteiger partial charge in [0.15, 0.2) is 0 Å². The number of anilines is 2. The Kier molecular flexibility index (Phi) is 5.78. The normalized spacial score (nSPS) is 14.1. The summed E-state index contributed by atoms with van der Waals surface area (Å²) in [6, 6.07) is 13.6. The van der Waals surface area contributed by atoms with E-state index in [1.54, 1.807) is 6.07 Å². The minimum absolute atomic E-state index is 0.0131. The Balaban J connectivity index is 1.58. The van der Waals surface area contributed by atoms with Gasteiger partial charge in [0.25, 0.3) is 0 Å². The van der Waals surface area contributed by atoms with Crippen LogP contribution < -0.4 is 15.5 Å². The van der Waals surface area contributed by atoms with Gasteiger partial charge >= 0.3 is 0 Å². The molecule has 0 spiro atoms. The maximum absolute atomic E-state index is 12.2. The molecule has 1 heterocycles. The molecule has 5 nitrogen and oxygen atoms in total. The molecule has 1 saturated heterocycles. The number of nitrogens with zero attached hydrogens (tertiary/aromatic N) is 1. The first-order valence-corrected chi connectivity index (χ1v) is 9.05. The third-order valence-corrected chi connectivity index (χ3v) is 4.64. The summed E-state index contributed by atoms with van der Waals surface area (Å²) in [6.07, 6.45) is 1.11. The van der Waals surface area contributed by atoms with Crippen molar-refractivity contribution in [3.8, 4) is 0 Å². The Morgan fingerprint density at radius 3 is 2.85 bits per heavy atom. The molecule has 1 aliphatic heterocycles. The number of hydrogen-bond donors (Lipinski definition) is 2. The molecule has 2 aromatic carbocycles. The van der Waals surface area contributed by atoms with Crippen LogP contribution in [-0.4, -0.2) is 31.4 Å². The van der Waals surface area contributed by atoms with Crippen LogP contribution >= 0.6 is 11.6 Å². The highest BCUT2D eigenvalue weighted by Crippen LogP contribution is 2.29. The van der Waals surface area contributed by atoms with Gasteiger partial charge < -0.3 is 15.5 Å². The topological polar surface area (TPSA) is 61.4 Å². The number of piperazine rings is 1. The summed E-state index contributed by atoms with van der Waals surface area (Å²) >= 11 is 6.36. The van der Waals surface area contributed by atoms with Gasteiger partial charge in [-0.1, -0.05) is 41.4 Å². The van der Waals surface area contributed by atoms with Crippen molar-refractivity contribution in [2.24, 2.45) is 0 Å². The van der Waals surface area contributed by atoms with E-state index in [0.29, 0.717) is 43.2 Å². The van der Waals surface area contributed by atoms with Crippen LogP contribution in [0.3, 0.4) is 0 Å². The van der Waals surface area contributed by atoms with Crippen molar-refractivity contribution in [1.82, 2.24) is 5.32 Å². The third-order valence-electron chi connectivity index (χ3n) is 4.33. The molecule has 0 atom stereocenters. The molecular weight excluding hydrogens is 350 g/mol. The van der Waals surface area contributed by atoms with Crippen molar-refractivity contribution in [2.75, 3.05) is 29.9 Å². The molecule has 0 aliphatic carbocycles. The summed E-state index contributed by atoms with van der Waals surface area (Å²) in [5.74, 6) is -0.0616. The lowest BCUT2D eigenvalue weighted by Crippen LogP contribution is -2.47. The molecule has 136 valence electrons. The highest BCUT2D eigenvalue weighted by atomic mass is 35.5. The molecule has 26 heavy (non-hydrogen) atoms. The van der Waals surface area contributed by atoms with Crippen molar-refractivity contribution in [3.63, 3.8) is 0 Å². The summed E-state index contributed by atoms with van der Waals surface area (Å²) in [5.41, 5.74) is 3.81. The SMILES string of the molecule is Cc1cccc(CCC(=O)Nc2ccc(N3CCNC(=O)C3)c(Cl)c2)c1. The Morgan fingerprint density at radius 2 is 2.12 bits per heavy atom. The number of nitrogens with one attached hydrogen (secondary N) is 2. The summed E-state index contributed by atoms with van der Waals surface area (Å²) < 4.78 is 0. The smallest absolute Gasteiger partial charge is 0.239 e. The van der Waals surface area contributed by atoms with E-state index >= 15 is 0 Å². The summed E-state index contributed by atoms with van der Waals surface area (Å²) in [7, 11) is 0. The summed E-state index contributed by atoms with van der Waals surface area (Å²) in [6.45, 7) is 3.65. The molecule has 0 radical (unpaired) electrons. The van der Waals surface area contributed by atoms with Crippen LogP contribution in [0.25, 0.3) is 0 Å². The molecule has 2 N–H and O–H groups in total. The summed E-state index contributed by atoms with van der Waals surface area (Å²) in [4.78, 5) is 25.7. The standard InChI is InChI=1S/C20H22ClN3O2/c1-14-3-2-4-15(11-14)5-8-19(25)23-16-6-7-18(17(21)12-16)24-10-9-22-20(26)13-24/h2-4,6-7,11-12H,5,8-10,13H2,1H3,(H,22,26)(H,23,25). The molecule has 6 heteroatoms. The van der Waals surface area contributed by atoms with E-state index in [9.17, 15) is 9.59 Å². The van der Waals surface area contributed by atoms with E-state index in [4.69, 9.17) is 11.6 Å². The lowest BCUT2D eigenvalue weighted by atomic mass is 10.1. The first kappa shape index (κ1) is 18.3. The van der Waals surface area contributed by atoms with Crippen molar-refractivity contribution < 1.29 is 9.59 Å². The van der Waals surface area contributed by atoms with Crippen LogP contribution in [0.5, 0.6) is 0 Å². The van der Waals surface area contributed by atoms with Gasteiger partial charge in [0.1, 0.15) is 0 Å². The zero-order chi connectivity index (χ0) is 18.5. The second-order valence-corrected chi connectivity index (χ2v) is 6.88. The molecule has 0 bridgehead atoms. The van der Waals surface area contributed by atoms with E-state index in [1.165, 1.54) is 5.56 Å². The van der Waals surface area contributed by atoms with Crippen molar-refractivity contribution in [1.29, 1.82) is 0 Å². The van der Waals surface area contributed by atoms with Crippen molar-refractivity contribution >= 4 is 34.8 Å². The highest BCUT2D eigenvalue weighted by Gasteiger charge is 2.18. The number of amides is 2. The Bertz CT molecular complexity index is 822. The molecule has 0 unspecified atom stereocenters. The predicted octanol–water partition coefficient (Wildman–Crippen LogP) is 3.16. The number of carbonyl (C=O) groups is 2. The van der Waals surface area contributed by atoms with Crippen LogP contribution in [-0.2, 0) is 16.0 Å². The molecule has 3 rings (SSSR count). The van der Waals surface area contributed by atoms with Crippen LogP contribution in [0.1, 0.15) is 17.5 Å². The zero-order valence-corrected chi connectivity index (χ0v) is 15.5. The lowest BCUT2D eigenvalue weighted by molar-refractivity contribution is -0.120. The highest BCUT2D eigenvalue weighted by molar-refractivity contribution is 6.33. The van der Waals surface area contributed by atoms with Crippen LogP contribution in [0.4, 0.5) is 11.4 Å². The molecule has 0 aromatic heterocycles. The number of carbonyl (C=O) groups excluding carboxylic acids is 2. The third kappa shape index (κ3) is 4.76. The fourth-order valence-electron chi connectivity index (χ4n) is 3.03. The Hall–Kier alpha value is -2.53. The van der Waals surface area contributed by atoms with Gasteiger partial charge in [0.2, 0.25) is 11.8 Å². The largest absolute Gasteiger partial charge is 0.359 e. The lowest BCUT2D eigenvalue weighted by Gasteiger charge is -2.29. The Labute approximate surface area is 158 Å². The molecule has 1 aliphatic rings. The van der Waals surface area contributed by atoms with Gasteiger partial charge in [-0.2, -0.15) is 0 Å². The quantitative estimate of drug-likeness (QED) is 0.848. The monoisotopic (exact) mass is 371 g/mol. The van der Waals surface area contributed by atoms with E-state index in [1.807, 2.05) is 42.2 Å². The van der Waals surface area contributed by atoms with E-state index in [2.05, 4.69) is 16.7 Å². The van der Waals surface area contributed by atoms with Gasteiger partial charge in [-0.25, -0.2) is 0 Å². The van der Waals surface area contributed by atoms with Crippen molar-refractivity contribution in [3.05, 3.63) is 58.6 Å². The second-order valence-electron chi connectivity index (χ2n) is 6.47. The first-order chi connectivity index (χ1) is 12.5. The van der Waals surface area contributed by atoms with Gasteiger partial charge in [-0.3, -0.25) is 9.59 Å². The van der Waals surface area contributed by atoms with Gasteiger partial charge in [0, 0.05) is 25.2 Å². The number of rotatable bonds is 5. The molecule has 2 aromatic rings. The van der Waals surface area contributed by atoms with Gasteiger partial charge in [-0.05, 0) is 37.1 Å². The van der Waals surface area contributed by atoms with Gasteiger partial charge in [-0.15, -0.1) is 0 Å². The van der Waals surface area contributed by atoms with E-state index in [0.717, 1.165) is 11.3 Å². The number of halogens is 1. The second kappa shape index (κ2) is 8.23. The average molecular weight is 372 g/mol. The summed E-state index contributed by atoms with van der Waals surface area (Å²) in [5, 5.41) is 6.20. The number of benzene rings is 2. The van der Waals surface area contributed by atoms with E-state index < -0.39 is 0 Å². The van der Waals surface area contributed by atoms with Crippen LogP contribution in [0, 0.1) is 6.92 Å². The minimum atomic E-state index is -0.0485. The van der Waals surface area contributed by atoms with Gasteiger partial charge in [0.05, 0.1) is 17.3 Å². The first-order valence-electron chi connectivity index (χ1n) is 8.68. The molecule has 2 amide bonds. The number of aryl methyl sites for hydroxylation is 2. The fraction of sp³-hybridized carbons (Fsp3) is 0.300. The van der Waals surface area contributed by atoms with Crippen LogP contribution in [0.15, 0.2) is 42.5 Å². The molecule has 0 saturated carbocycles. The van der Waals surface area contributed by atoms with Crippen molar-refractivity contribution in [2.45, 2.75) is 19.8 Å². The molecule has 1 fully saturated rings. The Morgan fingerprint density at radius 1 is 1.27 bits per heavy atom. The fourth-order valence-corrected chi connectivity index (χ4v) is 3.33. The molecular formula is C20H22ClN3O2. The van der Waals surface area contributed by atoms with E-state index in [-0.39, 0.29) is 11.8 Å².